The van der Waals surface area contributed by atoms with Crippen LogP contribution in [0, 0.1) is 46.8 Å². The molecule has 2 unspecified atom stereocenters. The lowest BCUT2D eigenvalue weighted by molar-refractivity contribution is -0.139. The van der Waals surface area contributed by atoms with E-state index in [1.807, 2.05) is 50.3 Å². The number of amides is 2. The molecule has 8 heteroatoms. The van der Waals surface area contributed by atoms with E-state index in [0.717, 1.165) is 41.0 Å². The van der Waals surface area contributed by atoms with E-state index >= 15 is 0 Å². The van der Waals surface area contributed by atoms with Gasteiger partial charge in [0.1, 0.15) is 5.75 Å². The summed E-state index contributed by atoms with van der Waals surface area (Å²) in [7, 11) is 9.20. The fraction of sp³-hybridized carbons (Fsp3) is 0.632. The summed E-state index contributed by atoms with van der Waals surface area (Å²) >= 11 is 0. The van der Waals surface area contributed by atoms with Gasteiger partial charge in [0, 0.05) is 62.6 Å². The first-order valence-corrected chi connectivity index (χ1v) is 17.1. The number of ether oxygens (including phenoxy) is 1. The van der Waals surface area contributed by atoms with Gasteiger partial charge in [-0.2, -0.15) is 0 Å². The van der Waals surface area contributed by atoms with Crippen LogP contribution in [0.1, 0.15) is 62.9 Å². The molecule has 4 aliphatic carbocycles. The number of hydrogen-bond donors (Lipinski definition) is 4. The molecule has 2 amide bonds. The highest BCUT2D eigenvalue weighted by Gasteiger charge is 2.57. The van der Waals surface area contributed by atoms with Gasteiger partial charge in [-0.05, 0) is 110 Å². The molecule has 2 aromatic rings. The number of benzene rings is 2. The minimum Gasteiger partial charge on any atom is -0.496 e. The maximum absolute atomic E-state index is 14.4. The summed E-state index contributed by atoms with van der Waals surface area (Å²) in [6.45, 7) is 9.30. The average molecular weight is 633 g/mol. The zero-order valence-corrected chi connectivity index (χ0v) is 29.3. The molecule has 0 spiro atoms. The van der Waals surface area contributed by atoms with Crippen molar-refractivity contribution in [2.75, 3.05) is 46.8 Å². The monoisotopic (exact) mass is 632 g/mol. The van der Waals surface area contributed by atoms with Crippen molar-refractivity contribution in [3.05, 3.63) is 47.5 Å². The van der Waals surface area contributed by atoms with E-state index in [2.05, 4.69) is 55.8 Å². The number of anilines is 1. The minimum atomic E-state index is -0.233. The summed E-state index contributed by atoms with van der Waals surface area (Å²) in [6, 6.07) is 12.3. The molecule has 0 heterocycles. The van der Waals surface area contributed by atoms with Crippen LogP contribution >= 0.6 is 0 Å². The van der Waals surface area contributed by atoms with Crippen molar-refractivity contribution in [3.8, 4) is 16.9 Å². The maximum Gasteiger partial charge on any atom is 0.251 e. The number of hydrogen-bond acceptors (Lipinski definition) is 6. The number of fused-ring (bicyclic) bond motifs is 2. The van der Waals surface area contributed by atoms with Crippen LogP contribution in [-0.2, 0) is 11.2 Å². The molecule has 46 heavy (non-hydrogen) atoms. The molecule has 6 rings (SSSR count). The lowest BCUT2D eigenvalue weighted by atomic mass is 9.44. The largest absolute Gasteiger partial charge is 0.496 e. The summed E-state index contributed by atoms with van der Waals surface area (Å²) in [5.74, 6) is 2.37. The fourth-order valence-electron chi connectivity index (χ4n) is 9.42. The summed E-state index contributed by atoms with van der Waals surface area (Å²) in [6.07, 6.45) is 3.75. The van der Waals surface area contributed by atoms with Gasteiger partial charge < -0.3 is 30.7 Å². The maximum atomic E-state index is 14.4. The SMILES string of the molecule is CNC(=O)c1cc(-c2cccc(CC3C[C@@H](CO)[C@@H](C(C)NC)[C@H]3C(=O)N[C@H]3C[C@H]4C[C@@H]([C@@H]3C)C4(C)C)c2OC)cc(N(C)C)c1. The fourth-order valence-corrected chi connectivity index (χ4v) is 9.42. The highest BCUT2D eigenvalue weighted by atomic mass is 16.5. The molecule has 252 valence electrons. The molecule has 2 bridgehead atoms. The lowest BCUT2D eigenvalue weighted by Crippen LogP contribution is -2.61. The van der Waals surface area contributed by atoms with Crippen molar-refractivity contribution in [2.45, 2.75) is 65.5 Å². The van der Waals surface area contributed by atoms with Crippen LogP contribution in [-0.4, -0.2) is 70.9 Å². The molecule has 0 aliphatic heterocycles. The van der Waals surface area contributed by atoms with E-state index in [9.17, 15) is 14.7 Å². The zero-order valence-electron chi connectivity index (χ0n) is 29.3. The summed E-state index contributed by atoms with van der Waals surface area (Å²) in [4.78, 5) is 29.1. The molecular formula is C38H56N4O4. The van der Waals surface area contributed by atoms with Gasteiger partial charge in [-0.15, -0.1) is 0 Å². The third-order valence-corrected chi connectivity index (χ3v) is 12.3. The molecule has 4 fully saturated rings. The molecule has 0 radical (unpaired) electrons. The van der Waals surface area contributed by atoms with Crippen molar-refractivity contribution in [1.82, 2.24) is 16.0 Å². The van der Waals surface area contributed by atoms with E-state index < -0.39 is 0 Å². The van der Waals surface area contributed by atoms with Crippen LogP contribution in [0.5, 0.6) is 5.75 Å². The van der Waals surface area contributed by atoms with Gasteiger partial charge in [0.2, 0.25) is 5.91 Å². The van der Waals surface area contributed by atoms with Crippen LogP contribution in [0.15, 0.2) is 36.4 Å². The molecule has 4 aliphatic rings. The molecule has 9 atom stereocenters. The Morgan fingerprint density at radius 2 is 1.83 bits per heavy atom. The smallest absolute Gasteiger partial charge is 0.251 e. The highest BCUT2D eigenvalue weighted by molar-refractivity contribution is 5.97. The van der Waals surface area contributed by atoms with E-state index in [1.54, 1.807) is 14.2 Å². The molecule has 8 nitrogen and oxygen atoms in total. The quantitative estimate of drug-likeness (QED) is 0.279. The third-order valence-electron chi connectivity index (χ3n) is 12.3. The number of aliphatic hydroxyl groups is 1. The van der Waals surface area contributed by atoms with E-state index in [-0.39, 0.29) is 54.2 Å². The Bertz CT molecular complexity index is 1420. The lowest BCUT2D eigenvalue weighted by Gasteiger charge is -2.62. The van der Waals surface area contributed by atoms with Crippen LogP contribution < -0.4 is 25.6 Å². The average Bonchev–Trinajstić information content (AvgIpc) is 3.42. The molecule has 0 saturated heterocycles. The van der Waals surface area contributed by atoms with E-state index in [1.165, 1.54) is 6.42 Å². The Morgan fingerprint density at radius 1 is 1.09 bits per heavy atom. The Balaban J connectivity index is 1.48. The standard InChI is InChI=1S/C38H56N4O4/c1-21-31-18-28(38(31,3)4)19-32(21)41-37(45)34-25(15-27(20-43)33(34)22(2)39-5)13-23-11-10-12-30(35(23)46-9)24-14-26(36(44)40-6)17-29(16-24)42(7)8/h10-12,14,16-17,21-22,25,27-28,31-34,39,43H,13,15,18-20H2,1-9H3,(H,40,44)(H,41,45)/t21-,22?,25?,27-,28+,31-,32-,33+,34-/m0/s1. The van der Waals surface area contributed by atoms with Crippen LogP contribution in [0.3, 0.4) is 0 Å². The van der Waals surface area contributed by atoms with E-state index in [4.69, 9.17) is 4.74 Å². The van der Waals surface area contributed by atoms with Gasteiger partial charge >= 0.3 is 0 Å². The second-order valence-electron chi connectivity index (χ2n) is 15.1. The van der Waals surface area contributed by atoms with Crippen molar-refractivity contribution in [2.24, 2.45) is 46.8 Å². The Labute approximate surface area is 276 Å². The van der Waals surface area contributed by atoms with Gasteiger partial charge in [-0.1, -0.05) is 39.0 Å². The molecule has 0 aromatic heterocycles. The number of nitrogens with zero attached hydrogens (tertiary/aromatic N) is 1. The highest BCUT2D eigenvalue weighted by Crippen LogP contribution is 2.61. The number of nitrogens with one attached hydrogen (secondary N) is 3. The van der Waals surface area contributed by atoms with Gasteiger partial charge in [-0.25, -0.2) is 0 Å². The minimum absolute atomic E-state index is 0.0194. The second-order valence-corrected chi connectivity index (χ2v) is 15.1. The predicted octanol–water partition coefficient (Wildman–Crippen LogP) is 4.99. The second kappa shape index (κ2) is 13.6. The number of carbonyl (C=O) groups excluding carboxylic acids is 2. The topological polar surface area (TPSA) is 103 Å². The number of rotatable bonds is 11. The first kappa shape index (κ1) is 34.2. The molecule has 4 N–H and O–H groups in total. The number of aliphatic hydroxyl groups excluding tert-OH is 1. The van der Waals surface area contributed by atoms with Crippen LogP contribution in [0.4, 0.5) is 5.69 Å². The Morgan fingerprint density at radius 3 is 2.41 bits per heavy atom. The zero-order chi connectivity index (χ0) is 33.5. The first-order valence-electron chi connectivity index (χ1n) is 17.1. The van der Waals surface area contributed by atoms with Crippen LogP contribution in [0.2, 0.25) is 0 Å². The van der Waals surface area contributed by atoms with Crippen molar-refractivity contribution < 1.29 is 19.4 Å². The Kier molecular flexibility index (Phi) is 10.1. The third kappa shape index (κ3) is 6.15. The first-order chi connectivity index (χ1) is 21.9. The molecular weight excluding hydrogens is 576 g/mol. The number of carbonyl (C=O) groups is 2. The Hall–Kier alpha value is -3.10. The summed E-state index contributed by atoms with van der Waals surface area (Å²) in [5.41, 5.74) is 4.69. The van der Waals surface area contributed by atoms with Gasteiger partial charge in [-0.3, -0.25) is 9.59 Å². The predicted molar refractivity (Wildman–Crippen MR) is 185 cm³/mol. The van der Waals surface area contributed by atoms with E-state index in [0.29, 0.717) is 35.2 Å². The van der Waals surface area contributed by atoms with Crippen molar-refractivity contribution >= 4 is 17.5 Å². The van der Waals surface area contributed by atoms with Crippen molar-refractivity contribution in [1.29, 1.82) is 0 Å². The molecule has 4 saturated carbocycles. The normalized spacial score (nSPS) is 30.2. The summed E-state index contributed by atoms with van der Waals surface area (Å²) < 4.78 is 6.11. The van der Waals surface area contributed by atoms with Gasteiger partial charge in [0.15, 0.2) is 0 Å². The van der Waals surface area contributed by atoms with Gasteiger partial charge in [0.05, 0.1) is 7.11 Å². The van der Waals surface area contributed by atoms with Gasteiger partial charge in [0.25, 0.3) is 5.91 Å². The number of para-hydroxylation sites is 1. The van der Waals surface area contributed by atoms with Crippen LogP contribution in [0.25, 0.3) is 11.1 Å². The number of methoxy groups -OCH3 is 1. The molecule has 2 aromatic carbocycles. The van der Waals surface area contributed by atoms with Crippen molar-refractivity contribution in [3.63, 3.8) is 0 Å². The summed E-state index contributed by atoms with van der Waals surface area (Å²) in [5, 5.41) is 20.3.